The van der Waals surface area contributed by atoms with Crippen LogP contribution in [0.3, 0.4) is 0 Å². The lowest BCUT2D eigenvalue weighted by molar-refractivity contribution is -0.142. The number of benzene rings is 2. The first-order valence-electron chi connectivity index (χ1n) is 12.8. The molecule has 0 fully saturated rings. The third-order valence-electron chi connectivity index (χ3n) is 6.43. The Morgan fingerprint density at radius 2 is 1.32 bits per heavy atom. The summed E-state index contributed by atoms with van der Waals surface area (Å²) in [7, 11) is 0. The molecule has 0 bridgehead atoms. The Morgan fingerprint density at radius 1 is 0.775 bits per heavy atom. The number of nitrogens with two attached hydrogens (primary N) is 1. The number of carboxylic acid groups (broad SMARTS) is 2. The summed E-state index contributed by atoms with van der Waals surface area (Å²) in [5.74, 6) is -5.23. The largest absolute Gasteiger partial charge is 0.508 e. The molecule has 12 heteroatoms. The predicted molar refractivity (Wildman–Crippen MR) is 145 cm³/mol. The Kier molecular flexibility index (Phi) is 12.1. The first-order chi connectivity index (χ1) is 18.9. The van der Waals surface area contributed by atoms with Gasteiger partial charge in [0.2, 0.25) is 17.7 Å². The standard InChI is InChI=1S/C28H36N4O8/c1-3-16(2)24(27(38)31-22(28(39)40)14-18-9-11-19(33)12-10-18)32-26(37)21(13-17-7-5-4-6-8-17)30-25(36)20(29)15-23(34)35/h4-12,16,20-22,24,33H,3,13-15,29H2,1-2H3,(H,30,36)(H,31,38)(H,32,37)(H,34,35)(H,39,40). The van der Waals surface area contributed by atoms with E-state index in [1.165, 1.54) is 24.3 Å². The highest BCUT2D eigenvalue weighted by Crippen LogP contribution is 2.14. The van der Waals surface area contributed by atoms with Gasteiger partial charge in [0, 0.05) is 12.8 Å². The number of aromatic hydroxyl groups is 1. The summed E-state index contributed by atoms with van der Waals surface area (Å²) in [6.07, 6.45) is -0.198. The minimum Gasteiger partial charge on any atom is -0.508 e. The number of aliphatic carboxylic acids is 2. The van der Waals surface area contributed by atoms with Crippen molar-refractivity contribution >= 4 is 29.7 Å². The number of phenolic OH excluding ortho intramolecular Hbond substituents is 1. The van der Waals surface area contributed by atoms with E-state index in [0.717, 1.165) is 0 Å². The van der Waals surface area contributed by atoms with E-state index in [-0.39, 0.29) is 18.6 Å². The molecule has 12 nitrogen and oxygen atoms in total. The third kappa shape index (κ3) is 10.0. The molecule has 0 spiro atoms. The van der Waals surface area contributed by atoms with Crippen molar-refractivity contribution in [2.75, 3.05) is 0 Å². The van der Waals surface area contributed by atoms with Gasteiger partial charge in [-0.3, -0.25) is 19.2 Å². The topological polar surface area (TPSA) is 208 Å². The number of phenols is 1. The average Bonchev–Trinajstić information content (AvgIpc) is 2.91. The number of hydrogen-bond acceptors (Lipinski definition) is 7. The second-order valence-electron chi connectivity index (χ2n) is 9.60. The van der Waals surface area contributed by atoms with Crippen molar-refractivity contribution in [3.8, 4) is 5.75 Å². The van der Waals surface area contributed by atoms with Crippen molar-refractivity contribution in [3.63, 3.8) is 0 Å². The van der Waals surface area contributed by atoms with Gasteiger partial charge in [0.25, 0.3) is 0 Å². The van der Waals surface area contributed by atoms with Gasteiger partial charge >= 0.3 is 11.9 Å². The van der Waals surface area contributed by atoms with Crippen LogP contribution < -0.4 is 21.7 Å². The van der Waals surface area contributed by atoms with E-state index in [0.29, 0.717) is 17.5 Å². The van der Waals surface area contributed by atoms with Crippen molar-refractivity contribution in [2.45, 2.75) is 63.7 Å². The second-order valence-corrected chi connectivity index (χ2v) is 9.60. The molecule has 0 aliphatic rings. The van der Waals surface area contributed by atoms with Gasteiger partial charge in [0.1, 0.15) is 23.9 Å². The van der Waals surface area contributed by atoms with E-state index in [1.807, 2.05) is 0 Å². The first-order valence-corrected chi connectivity index (χ1v) is 12.8. The third-order valence-corrected chi connectivity index (χ3v) is 6.43. The van der Waals surface area contributed by atoms with E-state index in [4.69, 9.17) is 10.8 Å². The quantitative estimate of drug-likeness (QED) is 0.163. The highest BCUT2D eigenvalue weighted by molar-refractivity contribution is 5.95. The number of carboxylic acids is 2. The van der Waals surface area contributed by atoms with Crippen LogP contribution in [0, 0.1) is 5.92 Å². The number of rotatable bonds is 15. The molecule has 2 aromatic carbocycles. The molecule has 5 atom stereocenters. The van der Waals surface area contributed by atoms with Crippen LogP contribution in [0.2, 0.25) is 0 Å². The number of nitrogens with one attached hydrogen (secondary N) is 3. The van der Waals surface area contributed by atoms with Gasteiger partial charge in [-0.1, -0.05) is 62.7 Å². The van der Waals surface area contributed by atoms with Gasteiger partial charge in [-0.25, -0.2) is 4.79 Å². The van der Waals surface area contributed by atoms with Crippen LogP contribution in [0.15, 0.2) is 54.6 Å². The van der Waals surface area contributed by atoms with Gasteiger partial charge < -0.3 is 37.0 Å². The van der Waals surface area contributed by atoms with Gasteiger partial charge in [0.15, 0.2) is 0 Å². The smallest absolute Gasteiger partial charge is 0.326 e. The minimum atomic E-state index is -1.39. The predicted octanol–water partition coefficient (Wildman–Crippen LogP) is 0.565. The molecule has 2 rings (SSSR count). The lowest BCUT2D eigenvalue weighted by Gasteiger charge is -2.28. The van der Waals surface area contributed by atoms with Crippen LogP contribution in [0.4, 0.5) is 0 Å². The normalized spacial score (nSPS) is 14.6. The van der Waals surface area contributed by atoms with Gasteiger partial charge in [0.05, 0.1) is 12.5 Å². The lowest BCUT2D eigenvalue weighted by Crippen LogP contribution is -2.59. The molecular weight excluding hydrogens is 520 g/mol. The van der Waals surface area contributed by atoms with Crippen molar-refractivity contribution in [2.24, 2.45) is 11.7 Å². The molecule has 216 valence electrons. The molecule has 0 radical (unpaired) electrons. The zero-order valence-electron chi connectivity index (χ0n) is 22.4. The number of amides is 3. The van der Waals surface area contributed by atoms with E-state index in [1.54, 1.807) is 44.2 Å². The fraction of sp³-hybridized carbons (Fsp3) is 0.393. The van der Waals surface area contributed by atoms with Crippen molar-refractivity contribution in [1.29, 1.82) is 0 Å². The van der Waals surface area contributed by atoms with Gasteiger partial charge in [-0.05, 0) is 29.2 Å². The summed E-state index contributed by atoms with van der Waals surface area (Å²) in [6, 6.07) is 9.60. The summed E-state index contributed by atoms with van der Waals surface area (Å²) in [5.41, 5.74) is 6.94. The maximum absolute atomic E-state index is 13.4. The summed E-state index contributed by atoms with van der Waals surface area (Å²) in [4.78, 5) is 62.1. The van der Waals surface area contributed by atoms with Crippen LogP contribution in [-0.2, 0) is 36.8 Å². The number of carbonyl (C=O) groups is 5. The summed E-state index contributed by atoms with van der Waals surface area (Å²) in [6.45, 7) is 3.52. The SMILES string of the molecule is CCC(C)C(NC(=O)C(Cc1ccccc1)NC(=O)C(N)CC(=O)O)C(=O)NC(Cc1ccc(O)cc1)C(=O)O. The Labute approximate surface area is 232 Å². The van der Waals surface area contributed by atoms with Crippen LogP contribution in [0.5, 0.6) is 5.75 Å². The average molecular weight is 557 g/mol. The Bertz CT molecular complexity index is 1170. The molecule has 0 aromatic heterocycles. The maximum Gasteiger partial charge on any atom is 0.326 e. The molecule has 0 saturated carbocycles. The highest BCUT2D eigenvalue weighted by atomic mass is 16.4. The molecule has 5 unspecified atom stereocenters. The molecule has 0 heterocycles. The van der Waals surface area contributed by atoms with E-state index < -0.39 is 66.2 Å². The summed E-state index contributed by atoms with van der Waals surface area (Å²) in [5, 5.41) is 35.7. The fourth-order valence-corrected chi connectivity index (χ4v) is 3.90. The zero-order valence-corrected chi connectivity index (χ0v) is 22.4. The monoisotopic (exact) mass is 556 g/mol. The van der Waals surface area contributed by atoms with E-state index >= 15 is 0 Å². The van der Waals surface area contributed by atoms with Crippen LogP contribution >= 0.6 is 0 Å². The Balaban J connectivity index is 2.24. The number of hydrogen-bond donors (Lipinski definition) is 7. The second kappa shape index (κ2) is 15.2. The molecule has 2 aromatic rings. The van der Waals surface area contributed by atoms with Crippen LogP contribution in [0.25, 0.3) is 0 Å². The molecule has 0 aliphatic carbocycles. The Hall–Kier alpha value is -4.45. The molecule has 8 N–H and O–H groups in total. The van der Waals surface area contributed by atoms with Crippen molar-refractivity contribution in [3.05, 3.63) is 65.7 Å². The maximum atomic E-state index is 13.4. The molecule has 3 amide bonds. The van der Waals surface area contributed by atoms with Gasteiger partial charge in [-0.2, -0.15) is 0 Å². The zero-order chi connectivity index (χ0) is 29.8. The number of carbonyl (C=O) groups excluding carboxylic acids is 3. The molecular formula is C28H36N4O8. The molecule has 0 saturated heterocycles. The molecule has 0 aliphatic heterocycles. The van der Waals surface area contributed by atoms with Crippen molar-refractivity contribution in [1.82, 2.24) is 16.0 Å². The first kappa shape index (κ1) is 31.8. The summed E-state index contributed by atoms with van der Waals surface area (Å²) >= 11 is 0. The fourth-order valence-electron chi connectivity index (χ4n) is 3.90. The lowest BCUT2D eigenvalue weighted by atomic mass is 9.96. The van der Waals surface area contributed by atoms with E-state index in [9.17, 15) is 34.2 Å². The minimum absolute atomic E-state index is 0.0141. The van der Waals surface area contributed by atoms with Crippen LogP contribution in [-0.4, -0.2) is 69.1 Å². The van der Waals surface area contributed by atoms with Crippen molar-refractivity contribution < 1.29 is 39.3 Å². The van der Waals surface area contributed by atoms with Gasteiger partial charge in [-0.15, -0.1) is 0 Å². The molecule has 40 heavy (non-hydrogen) atoms. The highest BCUT2D eigenvalue weighted by Gasteiger charge is 2.33. The summed E-state index contributed by atoms with van der Waals surface area (Å²) < 4.78 is 0. The Morgan fingerprint density at radius 3 is 1.88 bits per heavy atom. The van der Waals surface area contributed by atoms with Crippen LogP contribution in [0.1, 0.15) is 37.8 Å². The van der Waals surface area contributed by atoms with E-state index in [2.05, 4.69) is 16.0 Å².